The monoisotopic (exact) mass is 322 g/mol. The Hall–Kier alpha value is -2.08. The van der Waals surface area contributed by atoms with Crippen LogP contribution in [0, 0.1) is 0 Å². The van der Waals surface area contributed by atoms with Crippen LogP contribution in [-0.4, -0.2) is 39.8 Å². The lowest BCUT2D eigenvalue weighted by atomic mass is 9.87. The van der Waals surface area contributed by atoms with Gasteiger partial charge in [-0.15, -0.1) is 0 Å². The number of aliphatic hydroxyl groups is 2. The number of carbonyl (C=O) groups is 2. The van der Waals surface area contributed by atoms with Crippen molar-refractivity contribution in [3.8, 4) is 0 Å². The predicted molar refractivity (Wildman–Crippen MR) is 82.7 cm³/mol. The standard InChI is InChI=1S/C17H22O6/c18-7-5-3-1-2-4-6-12-8-11-9-14(19)15(17(21)22)16(20)13(11)10-23-12/h9-10,12,18,20H,1-8H2,(H,21,22). The molecule has 23 heavy (non-hydrogen) atoms. The van der Waals surface area contributed by atoms with Crippen LogP contribution in [-0.2, 0) is 14.3 Å². The van der Waals surface area contributed by atoms with Gasteiger partial charge in [-0.25, -0.2) is 4.79 Å². The lowest BCUT2D eigenvalue weighted by Crippen LogP contribution is -2.24. The minimum Gasteiger partial charge on any atom is -0.506 e. The average molecular weight is 322 g/mol. The van der Waals surface area contributed by atoms with E-state index in [0.717, 1.165) is 38.5 Å². The highest BCUT2D eigenvalue weighted by Gasteiger charge is 2.33. The Labute approximate surface area is 134 Å². The predicted octanol–water partition coefficient (Wildman–Crippen LogP) is 2.40. The van der Waals surface area contributed by atoms with Gasteiger partial charge in [0.1, 0.15) is 17.4 Å². The Morgan fingerprint density at radius 2 is 1.91 bits per heavy atom. The maximum absolute atomic E-state index is 11.8. The summed E-state index contributed by atoms with van der Waals surface area (Å²) in [6.07, 6.45) is 8.88. The summed E-state index contributed by atoms with van der Waals surface area (Å²) in [4.78, 5) is 22.8. The molecule has 0 saturated heterocycles. The van der Waals surface area contributed by atoms with E-state index in [4.69, 9.17) is 14.9 Å². The van der Waals surface area contributed by atoms with Gasteiger partial charge in [0.05, 0.1) is 11.8 Å². The van der Waals surface area contributed by atoms with Crippen LogP contribution >= 0.6 is 0 Å². The van der Waals surface area contributed by atoms with Gasteiger partial charge in [-0.2, -0.15) is 0 Å². The molecule has 0 fully saturated rings. The fourth-order valence-corrected chi connectivity index (χ4v) is 2.86. The average Bonchev–Trinajstić information content (AvgIpc) is 2.50. The molecule has 2 rings (SSSR count). The molecule has 126 valence electrons. The van der Waals surface area contributed by atoms with Crippen LogP contribution in [0.2, 0.25) is 0 Å². The molecule has 1 aliphatic carbocycles. The van der Waals surface area contributed by atoms with Crippen LogP contribution < -0.4 is 0 Å². The van der Waals surface area contributed by atoms with E-state index in [-0.39, 0.29) is 12.7 Å². The summed E-state index contributed by atoms with van der Waals surface area (Å²) in [6, 6.07) is 0. The molecule has 0 amide bonds. The molecule has 0 spiro atoms. The highest BCUT2D eigenvalue weighted by atomic mass is 16.5. The normalized spacial score (nSPS) is 20.6. The zero-order valence-corrected chi connectivity index (χ0v) is 13.0. The van der Waals surface area contributed by atoms with Gasteiger partial charge in [-0.3, -0.25) is 4.79 Å². The van der Waals surface area contributed by atoms with E-state index in [1.165, 1.54) is 12.3 Å². The van der Waals surface area contributed by atoms with Crippen LogP contribution in [0.1, 0.15) is 44.9 Å². The van der Waals surface area contributed by atoms with Crippen LogP contribution in [0.25, 0.3) is 0 Å². The number of hydrogen-bond acceptors (Lipinski definition) is 5. The Bertz CT molecular complexity index is 570. The smallest absolute Gasteiger partial charge is 0.343 e. The van der Waals surface area contributed by atoms with E-state index < -0.39 is 23.1 Å². The maximum Gasteiger partial charge on any atom is 0.343 e. The number of ketones is 1. The largest absolute Gasteiger partial charge is 0.506 e. The number of carboxylic acid groups (broad SMARTS) is 1. The Morgan fingerprint density at radius 1 is 1.22 bits per heavy atom. The van der Waals surface area contributed by atoms with Crippen molar-refractivity contribution >= 4 is 11.8 Å². The van der Waals surface area contributed by atoms with Crippen molar-refractivity contribution in [2.45, 2.75) is 51.0 Å². The summed E-state index contributed by atoms with van der Waals surface area (Å²) in [5.41, 5.74) is 0.321. The Kier molecular flexibility index (Phi) is 5.98. The number of aliphatic hydroxyl groups excluding tert-OH is 2. The second-order valence-electron chi connectivity index (χ2n) is 5.84. The lowest BCUT2D eigenvalue weighted by Gasteiger charge is -2.27. The van der Waals surface area contributed by atoms with Gasteiger partial charge in [0.15, 0.2) is 5.78 Å². The summed E-state index contributed by atoms with van der Waals surface area (Å²) < 4.78 is 5.57. The van der Waals surface area contributed by atoms with Gasteiger partial charge in [0.25, 0.3) is 0 Å². The third kappa shape index (κ3) is 4.22. The molecular formula is C17H22O6. The first-order valence-corrected chi connectivity index (χ1v) is 7.93. The Balaban J connectivity index is 1.91. The first-order valence-electron chi connectivity index (χ1n) is 7.93. The zero-order chi connectivity index (χ0) is 16.8. The third-order valence-corrected chi connectivity index (χ3v) is 4.11. The second kappa shape index (κ2) is 7.97. The molecular weight excluding hydrogens is 300 g/mol. The minimum absolute atomic E-state index is 0.0604. The first-order chi connectivity index (χ1) is 11.0. The zero-order valence-electron chi connectivity index (χ0n) is 13.0. The topological polar surface area (TPSA) is 104 Å². The fraction of sp³-hybridized carbons (Fsp3) is 0.529. The highest BCUT2D eigenvalue weighted by molar-refractivity contribution is 6.23. The lowest BCUT2D eigenvalue weighted by molar-refractivity contribution is -0.134. The summed E-state index contributed by atoms with van der Waals surface area (Å²) >= 11 is 0. The molecule has 6 nitrogen and oxygen atoms in total. The number of hydrogen-bond donors (Lipinski definition) is 3. The first kappa shape index (κ1) is 17.3. The molecule has 0 saturated carbocycles. The number of rotatable bonds is 8. The van der Waals surface area contributed by atoms with Crippen LogP contribution in [0.15, 0.2) is 34.8 Å². The SMILES string of the molecule is O=C(O)C1=C(O)C2=COC(CCCCCCCO)CC2=CC1=O. The van der Waals surface area contributed by atoms with Crippen molar-refractivity contribution in [2.75, 3.05) is 6.61 Å². The molecule has 3 N–H and O–H groups in total. The van der Waals surface area contributed by atoms with Gasteiger partial charge in [0, 0.05) is 13.0 Å². The van der Waals surface area contributed by atoms with E-state index in [1.807, 2.05) is 0 Å². The molecule has 0 bridgehead atoms. The summed E-state index contributed by atoms with van der Waals surface area (Å²) in [5.74, 6) is -2.62. The maximum atomic E-state index is 11.8. The number of aliphatic carboxylic acids is 1. The van der Waals surface area contributed by atoms with E-state index in [0.29, 0.717) is 17.6 Å². The van der Waals surface area contributed by atoms with Gasteiger partial charge in [-0.1, -0.05) is 19.3 Å². The summed E-state index contributed by atoms with van der Waals surface area (Å²) in [6.45, 7) is 0.233. The molecule has 2 aliphatic rings. The molecule has 1 atom stereocenters. The van der Waals surface area contributed by atoms with Crippen LogP contribution in [0.4, 0.5) is 0 Å². The van der Waals surface area contributed by atoms with Crippen LogP contribution in [0.3, 0.4) is 0 Å². The van der Waals surface area contributed by atoms with Crippen molar-refractivity contribution in [2.24, 2.45) is 0 Å². The van der Waals surface area contributed by atoms with Crippen molar-refractivity contribution < 1.29 is 29.6 Å². The van der Waals surface area contributed by atoms with E-state index >= 15 is 0 Å². The van der Waals surface area contributed by atoms with Crippen molar-refractivity contribution in [1.29, 1.82) is 0 Å². The molecule has 1 unspecified atom stereocenters. The summed E-state index contributed by atoms with van der Waals surface area (Å²) in [7, 11) is 0. The van der Waals surface area contributed by atoms with Crippen molar-refractivity contribution in [3.63, 3.8) is 0 Å². The van der Waals surface area contributed by atoms with Gasteiger partial charge in [0.2, 0.25) is 0 Å². The molecule has 0 aromatic rings. The van der Waals surface area contributed by atoms with Gasteiger partial charge < -0.3 is 20.1 Å². The number of carboxylic acids is 1. The molecule has 0 aromatic heterocycles. The van der Waals surface area contributed by atoms with Crippen molar-refractivity contribution in [3.05, 3.63) is 34.8 Å². The molecule has 6 heteroatoms. The van der Waals surface area contributed by atoms with Gasteiger partial charge in [-0.05, 0) is 30.9 Å². The molecule has 1 aliphatic heterocycles. The molecule has 0 aromatic carbocycles. The van der Waals surface area contributed by atoms with Crippen LogP contribution in [0.5, 0.6) is 0 Å². The Morgan fingerprint density at radius 3 is 2.61 bits per heavy atom. The fourth-order valence-electron chi connectivity index (χ4n) is 2.86. The van der Waals surface area contributed by atoms with Gasteiger partial charge >= 0.3 is 5.97 Å². The third-order valence-electron chi connectivity index (χ3n) is 4.11. The minimum atomic E-state index is -1.44. The number of ether oxygens (including phenoxy) is 1. The number of fused-ring (bicyclic) bond motifs is 1. The quantitative estimate of drug-likeness (QED) is 0.468. The van der Waals surface area contributed by atoms with E-state index in [2.05, 4.69) is 0 Å². The number of carbonyl (C=O) groups excluding carboxylic acids is 1. The molecule has 1 heterocycles. The van der Waals surface area contributed by atoms with E-state index in [1.54, 1.807) is 0 Å². The van der Waals surface area contributed by atoms with E-state index in [9.17, 15) is 14.7 Å². The highest BCUT2D eigenvalue weighted by Crippen LogP contribution is 2.34. The number of allylic oxidation sites excluding steroid dienone is 2. The summed E-state index contributed by atoms with van der Waals surface area (Å²) in [5, 5.41) is 27.6. The number of unbranched alkanes of at least 4 members (excludes halogenated alkanes) is 4. The van der Waals surface area contributed by atoms with Crippen molar-refractivity contribution in [1.82, 2.24) is 0 Å². The second-order valence-corrected chi connectivity index (χ2v) is 5.84. The molecule has 0 radical (unpaired) electrons.